The average molecular weight is 425 g/mol. The standard InChI is InChI=1S/C21H26F3N3O3/c1-26(14-20(29)27(17-9-10-17)16-5-3-2-4-6-16)13-19(28)25-15-7-11-18(12-8-15)30-21(22,23)24/h5,7-8,11-12,17H,2-4,6,9-10,13-14H2,1H3,(H,25,28). The van der Waals surface area contributed by atoms with E-state index >= 15 is 0 Å². The Labute approximate surface area is 173 Å². The van der Waals surface area contributed by atoms with Crippen LogP contribution < -0.4 is 10.1 Å². The van der Waals surface area contributed by atoms with Crippen LogP contribution in [0.5, 0.6) is 5.75 Å². The molecule has 0 bridgehead atoms. The van der Waals surface area contributed by atoms with Crippen LogP contribution in [0.2, 0.25) is 0 Å². The largest absolute Gasteiger partial charge is 0.573 e. The molecule has 3 rings (SSSR count). The first-order valence-corrected chi connectivity index (χ1v) is 10.1. The van der Waals surface area contributed by atoms with Crippen LogP contribution in [0.15, 0.2) is 36.0 Å². The van der Waals surface area contributed by atoms with Gasteiger partial charge in [-0.25, -0.2) is 0 Å². The van der Waals surface area contributed by atoms with Gasteiger partial charge < -0.3 is 15.0 Å². The van der Waals surface area contributed by atoms with Crippen molar-refractivity contribution in [3.05, 3.63) is 36.0 Å². The number of carbonyl (C=O) groups excluding carboxylic acids is 2. The number of halogens is 3. The van der Waals surface area contributed by atoms with Crippen LogP contribution in [0, 0.1) is 0 Å². The number of benzene rings is 1. The van der Waals surface area contributed by atoms with Crippen molar-refractivity contribution in [1.82, 2.24) is 9.80 Å². The molecule has 0 radical (unpaired) electrons. The van der Waals surface area contributed by atoms with Gasteiger partial charge in [0.05, 0.1) is 13.1 Å². The number of hydrogen-bond acceptors (Lipinski definition) is 4. The van der Waals surface area contributed by atoms with Gasteiger partial charge in [0.1, 0.15) is 5.75 Å². The summed E-state index contributed by atoms with van der Waals surface area (Å²) in [6, 6.07) is 5.19. The molecule has 1 N–H and O–H groups in total. The number of rotatable bonds is 8. The van der Waals surface area contributed by atoms with Gasteiger partial charge in [-0.3, -0.25) is 14.5 Å². The fraction of sp³-hybridized carbons (Fsp3) is 0.524. The zero-order chi connectivity index (χ0) is 21.7. The number of anilines is 1. The summed E-state index contributed by atoms with van der Waals surface area (Å²) < 4.78 is 40.4. The van der Waals surface area contributed by atoms with Crippen LogP contribution >= 0.6 is 0 Å². The van der Waals surface area contributed by atoms with Gasteiger partial charge in [0.2, 0.25) is 11.8 Å². The molecule has 2 amide bonds. The molecule has 0 aromatic heterocycles. The Hall–Kier alpha value is -2.55. The Balaban J connectivity index is 1.49. The summed E-state index contributed by atoms with van der Waals surface area (Å²) in [6.45, 7) is 0.115. The third kappa shape index (κ3) is 6.76. The first kappa shape index (κ1) is 22.1. The second-order valence-electron chi connectivity index (χ2n) is 7.73. The zero-order valence-electron chi connectivity index (χ0n) is 16.9. The summed E-state index contributed by atoms with van der Waals surface area (Å²) in [5.74, 6) is -0.723. The van der Waals surface area contributed by atoms with E-state index in [1.807, 2.05) is 4.90 Å². The predicted molar refractivity (Wildman–Crippen MR) is 106 cm³/mol. The number of alkyl halides is 3. The van der Waals surface area contributed by atoms with Crippen molar-refractivity contribution in [2.24, 2.45) is 0 Å². The molecule has 30 heavy (non-hydrogen) atoms. The minimum absolute atomic E-state index is 0.00500. The summed E-state index contributed by atoms with van der Waals surface area (Å²) in [5.41, 5.74) is 1.45. The van der Waals surface area contributed by atoms with Crippen molar-refractivity contribution in [3.8, 4) is 5.75 Å². The number of allylic oxidation sites excluding steroid dienone is 2. The lowest BCUT2D eigenvalue weighted by Gasteiger charge is -2.29. The quantitative estimate of drug-likeness (QED) is 0.686. The third-order valence-electron chi connectivity index (χ3n) is 4.95. The number of likely N-dealkylation sites (N-methyl/N-ethyl adjacent to an activating group) is 1. The highest BCUT2D eigenvalue weighted by Crippen LogP contribution is 2.33. The number of carbonyl (C=O) groups is 2. The molecule has 0 heterocycles. The predicted octanol–water partition coefficient (Wildman–Crippen LogP) is 3.90. The Morgan fingerprint density at radius 1 is 1.13 bits per heavy atom. The molecular weight excluding hydrogens is 399 g/mol. The van der Waals surface area contributed by atoms with E-state index in [-0.39, 0.29) is 36.7 Å². The number of ether oxygens (including phenoxy) is 1. The topological polar surface area (TPSA) is 61.9 Å². The van der Waals surface area contributed by atoms with E-state index in [2.05, 4.69) is 16.1 Å². The monoisotopic (exact) mass is 425 g/mol. The summed E-state index contributed by atoms with van der Waals surface area (Å²) >= 11 is 0. The highest BCUT2D eigenvalue weighted by atomic mass is 19.4. The van der Waals surface area contributed by atoms with Crippen molar-refractivity contribution in [3.63, 3.8) is 0 Å². The van der Waals surface area contributed by atoms with Gasteiger partial charge in [-0.05, 0) is 69.8 Å². The molecule has 1 aromatic rings. The van der Waals surface area contributed by atoms with E-state index in [0.717, 1.165) is 56.4 Å². The van der Waals surface area contributed by atoms with Crippen molar-refractivity contribution in [2.45, 2.75) is 50.9 Å². The Morgan fingerprint density at radius 2 is 1.83 bits per heavy atom. The molecule has 2 aliphatic carbocycles. The van der Waals surface area contributed by atoms with Gasteiger partial charge in [-0.1, -0.05) is 6.08 Å². The number of amides is 2. The molecule has 0 aliphatic heterocycles. The van der Waals surface area contributed by atoms with Crippen LogP contribution in [0.3, 0.4) is 0 Å². The lowest BCUT2D eigenvalue weighted by molar-refractivity contribution is -0.274. The lowest BCUT2D eigenvalue weighted by atomic mass is 10.0. The molecule has 0 saturated heterocycles. The van der Waals surface area contributed by atoms with Gasteiger partial charge in [0, 0.05) is 17.4 Å². The summed E-state index contributed by atoms with van der Waals surface area (Å²) in [6.07, 6.45) is 3.58. The smallest absolute Gasteiger partial charge is 0.406 e. The molecule has 1 aromatic carbocycles. The first-order valence-electron chi connectivity index (χ1n) is 10.1. The van der Waals surface area contributed by atoms with Crippen LogP contribution in [-0.4, -0.2) is 54.2 Å². The van der Waals surface area contributed by atoms with E-state index in [9.17, 15) is 22.8 Å². The van der Waals surface area contributed by atoms with E-state index in [4.69, 9.17) is 0 Å². The molecule has 0 spiro atoms. The van der Waals surface area contributed by atoms with Crippen molar-refractivity contribution in [2.75, 3.05) is 25.5 Å². The fourth-order valence-electron chi connectivity index (χ4n) is 3.52. The highest BCUT2D eigenvalue weighted by Gasteiger charge is 2.35. The summed E-state index contributed by atoms with van der Waals surface area (Å²) in [4.78, 5) is 28.6. The molecule has 164 valence electrons. The minimum Gasteiger partial charge on any atom is -0.406 e. The number of nitrogens with zero attached hydrogens (tertiary/aromatic N) is 2. The van der Waals surface area contributed by atoms with E-state index in [0.29, 0.717) is 5.69 Å². The van der Waals surface area contributed by atoms with Crippen LogP contribution in [0.25, 0.3) is 0 Å². The van der Waals surface area contributed by atoms with E-state index < -0.39 is 6.36 Å². The number of hydrogen-bond donors (Lipinski definition) is 1. The maximum atomic E-state index is 12.8. The van der Waals surface area contributed by atoms with Gasteiger partial charge in [-0.15, -0.1) is 13.2 Å². The Bertz CT molecular complexity index is 789. The second kappa shape index (κ2) is 9.51. The average Bonchev–Trinajstić information content (AvgIpc) is 3.48. The van der Waals surface area contributed by atoms with Crippen molar-refractivity contribution in [1.29, 1.82) is 0 Å². The zero-order valence-corrected chi connectivity index (χ0v) is 16.9. The molecule has 1 saturated carbocycles. The Morgan fingerprint density at radius 3 is 2.40 bits per heavy atom. The molecule has 0 atom stereocenters. The third-order valence-corrected chi connectivity index (χ3v) is 4.95. The Kier molecular flexibility index (Phi) is 7.02. The van der Waals surface area contributed by atoms with Gasteiger partial charge in [-0.2, -0.15) is 0 Å². The van der Waals surface area contributed by atoms with Gasteiger partial charge in [0.25, 0.3) is 0 Å². The maximum absolute atomic E-state index is 12.8. The van der Waals surface area contributed by atoms with E-state index in [1.165, 1.54) is 12.1 Å². The summed E-state index contributed by atoms with van der Waals surface area (Å²) in [5, 5.41) is 2.61. The maximum Gasteiger partial charge on any atom is 0.573 e. The fourth-order valence-corrected chi connectivity index (χ4v) is 3.52. The molecule has 2 aliphatic rings. The SMILES string of the molecule is CN(CC(=O)Nc1ccc(OC(F)(F)F)cc1)CC(=O)N(C1=CCCCC1)C1CC1. The molecule has 0 unspecified atom stereocenters. The lowest BCUT2D eigenvalue weighted by Crippen LogP contribution is -2.42. The van der Waals surface area contributed by atoms with Crippen molar-refractivity contribution < 1.29 is 27.5 Å². The van der Waals surface area contributed by atoms with Gasteiger partial charge in [0.15, 0.2) is 0 Å². The van der Waals surface area contributed by atoms with Crippen LogP contribution in [0.1, 0.15) is 38.5 Å². The summed E-state index contributed by atoms with van der Waals surface area (Å²) in [7, 11) is 1.69. The molecule has 6 nitrogen and oxygen atoms in total. The molecule has 1 fully saturated rings. The minimum atomic E-state index is -4.76. The highest BCUT2D eigenvalue weighted by molar-refractivity contribution is 5.92. The normalized spacial score (nSPS) is 16.8. The molecule has 9 heteroatoms. The first-order chi connectivity index (χ1) is 14.2. The second-order valence-corrected chi connectivity index (χ2v) is 7.73. The number of nitrogens with one attached hydrogen (secondary N) is 1. The van der Waals surface area contributed by atoms with Crippen LogP contribution in [-0.2, 0) is 9.59 Å². The van der Waals surface area contributed by atoms with Crippen LogP contribution in [0.4, 0.5) is 18.9 Å². The van der Waals surface area contributed by atoms with Crippen molar-refractivity contribution >= 4 is 17.5 Å². The molecular formula is C21H26F3N3O3. The van der Waals surface area contributed by atoms with Gasteiger partial charge >= 0.3 is 6.36 Å². The van der Waals surface area contributed by atoms with E-state index in [1.54, 1.807) is 11.9 Å².